The highest BCUT2D eigenvalue weighted by Crippen LogP contribution is 2.36. The molecule has 0 amide bonds. The normalized spacial score (nSPS) is 16.0. The number of alkyl halides is 3. The van der Waals surface area contributed by atoms with Crippen molar-refractivity contribution in [2.45, 2.75) is 38.1 Å². The van der Waals surface area contributed by atoms with Crippen molar-refractivity contribution in [3.63, 3.8) is 0 Å². The van der Waals surface area contributed by atoms with Gasteiger partial charge in [-0.15, -0.1) is 11.3 Å². The molecule has 0 radical (unpaired) electrons. The number of thiophene rings is 1. The summed E-state index contributed by atoms with van der Waals surface area (Å²) in [6, 6.07) is 7.89. The smallest absolute Gasteiger partial charge is 0.326 e. The Kier molecular flexibility index (Phi) is 3.94. The number of hydrogen-bond acceptors (Lipinski definition) is 3. The van der Waals surface area contributed by atoms with Crippen molar-refractivity contribution in [2.75, 3.05) is 6.54 Å². The highest BCUT2D eigenvalue weighted by Gasteiger charge is 2.38. The van der Waals surface area contributed by atoms with E-state index in [1.807, 2.05) is 24.3 Å². The molecule has 1 aromatic heterocycles. The third-order valence-corrected chi connectivity index (χ3v) is 5.01. The molecule has 2 aromatic rings. The van der Waals surface area contributed by atoms with Crippen molar-refractivity contribution in [1.29, 1.82) is 0 Å². The van der Waals surface area contributed by atoms with Crippen molar-refractivity contribution < 1.29 is 13.2 Å². The summed E-state index contributed by atoms with van der Waals surface area (Å²) in [5.74, 6) is 0. The number of hydrogen-bond donors (Lipinski definition) is 1. The minimum absolute atomic E-state index is 0.0657. The minimum atomic E-state index is -4.16. The van der Waals surface area contributed by atoms with E-state index in [4.69, 9.17) is 5.73 Å². The number of rotatable bonds is 5. The summed E-state index contributed by atoms with van der Waals surface area (Å²) >= 11 is 1.58. The fourth-order valence-corrected chi connectivity index (χ4v) is 3.77. The van der Waals surface area contributed by atoms with E-state index in [0.717, 1.165) is 33.4 Å². The lowest BCUT2D eigenvalue weighted by atomic mass is 10.1. The van der Waals surface area contributed by atoms with Crippen LogP contribution in [0, 0.1) is 0 Å². The van der Waals surface area contributed by atoms with Gasteiger partial charge in [-0.3, -0.25) is 4.90 Å². The van der Waals surface area contributed by atoms with E-state index in [1.165, 1.54) is 0 Å². The van der Waals surface area contributed by atoms with Crippen LogP contribution in [-0.4, -0.2) is 23.7 Å². The van der Waals surface area contributed by atoms with Crippen LogP contribution in [0.1, 0.15) is 23.3 Å². The second-order valence-electron chi connectivity index (χ2n) is 5.46. The number of fused-ring (bicyclic) bond motifs is 1. The van der Waals surface area contributed by atoms with Crippen molar-refractivity contribution in [2.24, 2.45) is 5.73 Å². The van der Waals surface area contributed by atoms with E-state index >= 15 is 0 Å². The molecule has 1 saturated carbocycles. The van der Waals surface area contributed by atoms with Crippen LogP contribution in [0.25, 0.3) is 10.1 Å². The molecule has 2 nitrogen and oxygen atoms in total. The predicted molar refractivity (Wildman–Crippen MR) is 79.2 cm³/mol. The maximum absolute atomic E-state index is 12.8. The Hall–Kier alpha value is -1.11. The number of halogens is 3. The van der Waals surface area contributed by atoms with Gasteiger partial charge in [0.2, 0.25) is 0 Å². The summed E-state index contributed by atoms with van der Waals surface area (Å²) in [5.41, 5.74) is 6.75. The van der Waals surface area contributed by atoms with Gasteiger partial charge in [0, 0.05) is 28.7 Å². The average molecular weight is 314 g/mol. The molecule has 1 aliphatic carbocycles. The molecule has 21 heavy (non-hydrogen) atoms. The monoisotopic (exact) mass is 314 g/mol. The van der Waals surface area contributed by atoms with E-state index < -0.39 is 12.7 Å². The SMILES string of the molecule is NCc1sc2ccccc2c1CN(CC(F)(F)F)C1CC1. The molecule has 0 aliphatic heterocycles. The van der Waals surface area contributed by atoms with E-state index in [1.54, 1.807) is 16.2 Å². The minimum Gasteiger partial charge on any atom is -0.326 e. The molecule has 3 rings (SSSR count). The lowest BCUT2D eigenvalue weighted by Crippen LogP contribution is -2.35. The number of nitrogens with two attached hydrogens (primary N) is 1. The van der Waals surface area contributed by atoms with Crippen molar-refractivity contribution in [3.8, 4) is 0 Å². The first-order valence-corrected chi connectivity index (χ1v) is 7.80. The summed E-state index contributed by atoms with van der Waals surface area (Å²) < 4.78 is 39.4. The molecule has 1 aliphatic rings. The Balaban J connectivity index is 1.91. The Labute approximate surface area is 125 Å². The second kappa shape index (κ2) is 5.59. The van der Waals surface area contributed by atoms with Gasteiger partial charge in [0.15, 0.2) is 0 Å². The van der Waals surface area contributed by atoms with Crippen LogP contribution < -0.4 is 5.73 Å². The molecule has 0 atom stereocenters. The third kappa shape index (κ3) is 3.39. The van der Waals surface area contributed by atoms with Crippen molar-refractivity contribution >= 4 is 21.4 Å². The van der Waals surface area contributed by atoms with Gasteiger partial charge >= 0.3 is 6.18 Å². The van der Waals surface area contributed by atoms with Gasteiger partial charge in [0.25, 0.3) is 0 Å². The van der Waals surface area contributed by atoms with Gasteiger partial charge in [-0.05, 0) is 29.9 Å². The Morgan fingerprint density at radius 1 is 1.24 bits per heavy atom. The largest absolute Gasteiger partial charge is 0.401 e. The third-order valence-electron chi connectivity index (χ3n) is 3.77. The molecule has 0 spiro atoms. The molecule has 1 fully saturated rings. The first-order valence-electron chi connectivity index (χ1n) is 6.98. The number of benzene rings is 1. The van der Waals surface area contributed by atoms with Gasteiger partial charge in [-0.25, -0.2) is 0 Å². The first kappa shape index (κ1) is 14.8. The lowest BCUT2D eigenvalue weighted by Gasteiger charge is -2.23. The fraction of sp³-hybridized carbons (Fsp3) is 0.467. The quantitative estimate of drug-likeness (QED) is 0.907. The number of nitrogens with zero attached hydrogens (tertiary/aromatic N) is 1. The van der Waals surface area contributed by atoms with E-state index in [0.29, 0.717) is 13.1 Å². The summed E-state index contributed by atoms with van der Waals surface area (Å²) in [6.45, 7) is -0.133. The highest BCUT2D eigenvalue weighted by atomic mass is 32.1. The summed E-state index contributed by atoms with van der Waals surface area (Å²) in [5, 5.41) is 1.04. The summed E-state index contributed by atoms with van der Waals surface area (Å²) in [7, 11) is 0. The van der Waals surface area contributed by atoms with E-state index in [-0.39, 0.29) is 6.04 Å². The van der Waals surface area contributed by atoms with Gasteiger partial charge in [-0.1, -0.05) is 18.2 Å². The highest BCUT2D eigenvalue weighted by molar-refractivity contribution is 7.19. The van der Waals surface area contributed by atoms with Crippen LogP contribution in [0.5, 0.6) is 0 Å². The molecular formula is C15H17F3N2S. The van der Waals surface area contributed by atoms with Crippen LogP contribution in [0.2, 0.25) is 0 Å². The zero-order valence-corrected chi connectivity index (χ0v) is 12.3. The van der Waals surface area contributed by atoms with E-state index in [9.17, 15) is 13.2 Å². The van der Waals surface area contributed by atoms with E-state index in [2.05, 4.69) is 0 Å². The molecule has 1 heterocycles. The summed E-state index contributed by atoms with van der Waals surface area (Å²) in [6.07, 6.45) is -2.44. The van der Waals surface area contributed by atoms with Crippen LogP contribution in [-0.2, 0) is 13.1 Å². The summed E-state index contributed by atoms with van der Waals surface area (Å²) in [4.78, 5) is 2.54. The zero-order valence-electron chi connectivity index (χ0n) is 11.5. The molecule has 1 aromatic carbocycles. The average Bonchev–Trinajstić information content (AvgIpc) is 3.20. The standard InChI is InChI=1S/C15H17F3N2S/c16-15(17,18)9-20(10-5-6-10)8-12-11-3-1-2-4-13(11)21-14(12)7-19/h1-4,10H,5-9,19H2. The fourth-order valence-electron chi connectivity index (χ4n) is 2.67. The van der Waals surface area contributed by atoms with Crippen molar-refractivity contribution in [3.05, 3.63) is 34.7 Å². The molecule has 0 bridgehead atoms. The van der Waals surface area contributed by atoms with Gasteiger partial charge in [0.1, 0.15) is 0 Å². The molecule has 2 N–H and O–H groups in total. The maximum Gasteiger partial charge on any atom is 0.401 e. The van der Waals surface area contributed by atoms with Gasteiger partial charge in [-0.2, -0.15) is 13.2 Å². The topological polar surface area (TPSA) is 29.3 Å². The van der Waals surface area contributed by atoms with Crippen LogP contribution in [0.4, 0.5) is 13.2 Å². The molecular weight excluding hydrogens is 297 g/mol. The lowest BCUT2D eigenvalue weighted by molar-refractivity contribution is -0.148. The molecule has 0 saturated heterocycles. The Morgan fingerprint density at radius 3 is 2.57 bits per heavy atom. The molecule has 0 unspecified atom stereocenters. The Bertz CT molecular complexity index is 631. The Morgan fingerprint density at radius 2 is 1.95 bits per heavy atom. The molecule has 6 heteroatoms. The maximum atomic E-state index is 12.8. The van der Waals surface area contributed by atoms with Crippen LogP contribution in [0.15, 0.2) is 24.3 Å². The molecule has 114 valence electrons. The second-order valence-corrected chi connectivity index (χ2v) is 6.59. The predicted octanol–water partition coefficient (Wildman–Crippen LogP) is 3.89. The van der Waals surface area contributed by atoms with Gasteiger partial charge < -0.3 is 5.73 Å². The van der Waals surface area contributed by atoms with Gasteiger partial charge in [0.05, 0.1) is 6.54 Å². The zero-order chi connectivity index (χ0) is 15.0. The van der Waals surface area contributed by atoms with Crippen LogP contribution >= 0.6 is 11.3 Å². The first-order chi connectivity index (χ1) is 9.98. The van der Waals surface area contributed by atoms with Crippen molar-refractivity contribution in [1.82, 2.24) is 4.90 Å². The van der Waals surface area contributed by atoms with Crippen LogP contribution in [0.3, 0.4) is 0 Å².